The molecule has 0 aliphatic carbocycles. The van der Waals surface area contributed by atoms with Gasteiger partial charge in [-0.2, -0.15) is 0 Å². The Bertz CT molecular complexity index is 622. The molecule has 0 bridgehead atoms. The average molecular weight is 285 g/mol. The van der Waals surface area contributed by atoms with Crippen molar-refractivity contribution >= 4 is 11.9 Å². The van der Waals surface area contributed by atoms with E-state index in [1.165, 1.54) is 7.05 Å². The quantitative estimate of drug-likeness (QED) is 0.917. The number of rotatable bonds is 5. The van der Waals surface area contributed by atoms with Gasteiger partial charge in [-0.1, -0.05) is 18.2 Å². The molecule has 0 aromatic heterocycles. The van der Waals surface area contributed by atoms with Crippen LogP contribution in [0.1, 0.15) is 10.4 Å². The predicted molar refractivity (Wildman–Crippen MR) is 77.6 cm³/mol. The molecule has 0 atom stereocenters. The highest BCUT2D eigenvalue weighted by atomic mass is 16.5. The van der Waals surface area contributed by atoms with Gasteiger partial charge in [-0.15, -0.1) is 0 Å². The lowest BCUT2D eigenvalue weighted by Crippen LogP contribution is -2.31. The van der Waals surface area contributed by atoms with Crippen LogP contribution in [0.5, 0.6) is 11.5 Å². The number of nitrogens with zero attached hydrogens (tertiary/aromatic N) is 1. The molecule has 0 saturated heterocycles. The molecular formula is C16H15NO4. The minimum Gasteiger partial charge on any atom is -0.480 e. The third kappa shape index (κ3) is 4.07. The van der Waals surface area contributed by atoms with Gasteiger partial charge in [0.2, 0.25) is 0 Å². The number of carbonyl (C=O) groups excluding carboxylic acids is 1. The summed E-state index contributed by atoms with van der Waals surface area (Å²) in [5.74, 6) is -0.0725. The third-order valence-corrected chi connectivity index (χ3v) is 2.80. The Kier molecular flexibility index (Phi) is 4.56. The van der Waals surface area contributed by atoms with E-state index >= 15 is 0 Å². The summed E-state index contributed by atoms with van der Waals surface area (Å²) in [6.45, 7) is -0.332. The number of hydrogen-bond acceptors (Lipinski definition) is 3. The number of para-hydroxylation sites is 1. The fraction of sp³-hybridized carbons (Fsp3) is 0.125. The van der Waals surface area contributed by atoms with Crippen LogP contribution in [0.2, 0.25) is 0 Å². The van der Waals surface area contributed by atoms with Crippen LogP contribution in [0.3, 0.4) is 0 Å². The molecule has 0 unspecified atom stereocenters. The first kappa shape index (κ1) is 14.6. The van der Waals surface area contributed by atoms with Gasteiger partial charge in [0, 0.05) is 12.6 Å². The van der Waals surface area contributed by atoms with Crippen molar-refractivity contribution in [3.05, 3.63) is 60.2 Å². The van der Waals surface area contributed by atoms with Crippen LogP contribution < -0.4 is 4.74 Å². The van der Waals surface area contributed by atoms with Crippen LogP contribution in [0, 0.1) is 0 Å². The predicted octanol–water partition coefficient (Wildman–Crippen LogP) is 2.64. The van der Waals surface area contributed by atoms with Gasteiger partial charge in [0.15, 0.2) is 0 Å². The Morgan fingerprint density at radius 1 is 1.00 bits per heavy atom. The van der Waals surface area contributed by atoms with E-state index in [0.29, 0.717) is 17.1 Å². The van der Waals surface area contributed by atoms with Crippen molar-refractivity contribution in [3.8, 4) is 11.5 Å². The zero-order chi connectivity index (χ0) is 15.2. The number of carboxylic acid groups (broad SMARTS) is 1. The molecule has 5 nitrogen and oxygen atoms in total. The Hall–Kier alpha value is -2.82. The summed E-state index contributed by atoms with van der Waals surface area (Å²) in [5, 5.41) is 8.67. The summed E-state index contributed by atoms with van der Waals surface area (Å²) >= 11 is 0. The van der Waals surface area contributed by atoms with Crippen LogP contribution in [0.4, 0.5) is 0 Å². The van der Waals surface area contributed by atoms with Gasteiger partial charge in [0.25, 0.3) is 5.91 Å². The van der Waals surface area contributed by atoms with Gasteiger partial charge in [-0.25, -0.2) is 0 Å². The second kappa shape index (κ2) is 6.56. The summed E-state index contributed by atoms with van der Waals surface area (Å²) < 4.78 is 5.62. The van der Waals surface area contributed by atoms with Crippen LogP contribution >= 0.6 is 0 Å². The number of carbonyl (C=O) groups is 2. The van der Waals surface area contributed by atoms with Crippen molar-refractivity contribution in [1.29, 1.82) is 0 Å². The molecule has 1 N–H and O–H groups in total. The number of hydrogen-bond donors (Lipinski definition) is 1. The molecule has 0 fully saturated rings. The van der Waals surface area contributed by atoms with Crippen LogP contribution in [-0.4, -0.2) is 35.5 Å². The van der Waals surface area contributed by atoms with E-state index in [2.05, 4.69) is 0 Å². The van der Waals surface area contributed by atoms with Crippen molar-refractivity contribution in [3.63, 3.8) is 0 Å². The lowest BCUT2D eigenvalue weighted by atomic mass is 10.2. The maximum Gasteiger partial charge on any atom is 0.323 e. The number of amides is 1. The van der Waals surface area contributed by atoms with Crippen molar-refractivity contribution in [2.75, 3.05) is 13.6 Å². The SMILES string of the molecule is CN(CC(=O)O)C(=O)c1ccc(Oc2ccccc2)cc1. The zero-order valence-corrected chi connectivity index (χ0v) is 11.5. The molecule has 0 aliphatic rings. The van der Waals surface area contributed by atoms with Gasteiger partial charge in [-0.3, -0.25) is 9.59 Å². The van der Waals surface area contributed by atoms with Crippen molar-refractivity contribution in [1.82, 2.24) is 4.90 Å². The Morgan fingerprint density at radius 2 is 1.57 bits per heavy atom. The van der Waals surface area contributed by atoms with E-state index < -0.39 is 5.97 Å². The summed E-state index contributed by atoms with van der Waals surface area (Å²) in [6.07, 6.45) is 0. The normalized spacial score (nSPS) is 9.95. The number of likely N-dealkylation sites (N-methyl/N-ethyl adjacent to an activating group) is 1. The molecule has 0 radical (unpaired) electrons. The molecule has 0 saturated carbocycles. The smallest absolute Gasteiger partial charge is 0.323 e. The van der Waals surface area contributed by atoms with Crippen LogP contribution in [-0.2, 0) is 4.79 Å². The second-order valence-corrected chi connectivity index (χ2v) is 4.49. The van der Waals surface area contributed by atoms with E-state index in [1.807, 2.05) is 30.3 Å². The Morgan fingerprint density at radius 3 is 2.14 bits per heavy atom. The van der Waals surface area contributed by atoms with Crippen LogP contribution in [0.15, 0.2) is 54.6 Å². The van der Waals surface area contributed by atoms with Gasteiger partial charge in [-0.05, 0) is 36.4 Å². The molecule has 0 spiro atoms. The van der Waals surface area contributed by atoms with E-state index in [-0.39, 0.29) is 12.5 Å². The van der Waals surface area contributed by atoms with Gasteiger partial charge < -0.3 is 14.7 Å². The van der Waals surface area contributed by atoms with E-state index in [4.69, 9.17) is 9.84 Å². The molecule has 0 aliphatic heterocycles. The molecule has 108 valence electrons. The van der Waals surface area contributed by atoms with Crippen molar-refractivity contribution in [2.24, 2.45) is 0 Å². The lowest BCUT2D eigenvalue weighted by molar-refractivity contribution is -0.137. The van der Waals surface area contributed by atoms with Crippen molar-refractivity contribution < 1.29 is 19.4 Å². The molecular weight excluding hydrogens is 270 g/mol. The molecule has 2 aromatic rings. The first-order valence-corrected chi connectivity index (χ1v) is 6.36. The largest absolute Gasteiger partial charge is 0.480 e. The van der Waals surface area contributed by atoms with Crippen LogP contribution in [0.25, 0.3) is 0 Å². The zero-order valence-electron chi connectivity index (χ0n) is 11.5. The first-order chi connectivity index (χ1) is 10.1. The van der Waals surface area contributed by atoms with Crippen molar-refractivity contribution in [2.45, 2.75) is 0 Å². The summed E-state index contributed by atoms with van der Waals surface area (Å²) in [6, 6.07) is 15.9. The van der Waals surface area contributed by atoms with Gasteiger partial charge in [0.05, 0.1) is 0 Å². The van der Waals surface area contributed by atoms with Gasteiger partial charge >= 0.3 is 5.97 Å². The number of carboxylic acids is 1. The van der Waals surface area contributed by atoms with E-state index in [0.717, 1.165) is 4.90 Å². The van der Waals surface area contributed by atoms with Gasteiger partial charge in [0.1, 0.15) is 18.0 Å². The summed E-state index contributed by atoms with van der Waals surface area (Å²) in [7, 11) is 1.45. The molecule has 2 aromatic carbocycles. The highest BCUT2D eigenvalue weighted by Crippen LogP contribution is 2.21. The summed E-state index contributed by atoms with van der Waals surface area (Å²) in [5.41, 5.74) is 0.416. The minimum absolute atomic E-state index is 0.332. The number of ether oxygens (including phenoxy) is 1. The minimum atomic E-state index is -1.05. The molecule has 5 heteroatoms. The maximum absolute atomic E-state index is 12.0. The number of benzene rings is 2. The van der Waals surface area contributed by atoms with E-state index in [1.54, 1.807) is 24.3 Å². The molecule has 21 heavy (non-hydrogen) atoms. The van der Waals surface area contributed by atoms with E-state index in [9.17, 15) is 9.59 Å². The lowest BCUT2D eigenvalue weighted by Gasteiger charge is -2.14. The average Bonchev–Trinajstić information content (AvgIpc) is 2.47. The Balaban J connectivity index is 2.05. The standard InChI is InChI=1S/C16H15NO4/c1-17(11-15(18)19)16(20)12-7-9-14(10-8-12)21-13-5-3-2-4-6-13/h2-10H,11H2,1H3,(H,18,19). The highest BCUT2D eigenvalue weighted by molar-refractivity contribution is 5.95. The fourth-order valence-electron chi connectivity index (χ4n) is 1.79. The Labute approximate surface area is 122 Å². The highest BCUT2D eigenvalue weighted by Gasteiger charge is 2.14. The molecule has 0 heterocycles. The topological polar surface area (TPSA) is 66.8 Å². The number of aliphatic carboxylic acids is 1. The molecule has 1 amide bonds. The summed E-state index contributed by atoms with van der Waals surface area (Å²) in [4.78, 5) is 23.7. The first-order valence-electron chi connectivity index (χ1n) is 6.36. The second-order valence-electron chi connectivity index (χ2n) is 4.49. The third-order valence-electron chi connectivity index (χ3n) is 2.80. The monoisotopic (exact) mass is 285 g/mol. The molecule has 2 rings (SSSR count). The fourth-order valence-corrected chi connectivity index (χ4v) is 1.79. The maximum atomic E-state index is 12.0.